The summed E-state index contributed by atoms with van der Waals surface area (Å²) in [5, 5.41) is 3.63. The molecule has 1 aliphatic carbocycles. The van der Waals surface area contributed by atoms with Crippen molar-refractivity contribution in [1.82, 2.24) is 10.3 Å². The Morgan fingerprint density at radius 1 is 1.19 bits per heavy atom. The van der Waals surface area contributed by atoms with Crippen LogP contribution >= 0.6 is 0 Å². The lowest BCUT2D eigenvalue weighted by atomic mass is 10.0. The third kappa shape index (κ3) is 1.75. The van der Waals surface area contributed by atoms with Gasteiger partial charge in [-0.15, -0.1) is 0 Å². The van der Waals surface area contributed by atoms with E-state index in [1.54, 1.807) is 0 Å². The maximum Gasteiger partial charge on any atom is 0.0372 e. The van der Waals surface area contributed by atoms with Crippen LogP contribution in [0.1, 0.15) is 39.0 Å². The first-order valence-corrected chi connectivity index (χ1v) is 6.00. The highest BCUT2D eigenvalue weighted by molar-refractivity contribution is 5.19. The molecular weight excluding hydrogens is 196 g/mol. The van der Waals surface area contributed by atoms with Crippen molar-refractivity contribution >= 4 is 0 Å². The number of aromatic nitrogens is 1. The van der Waals surface area contributed by atoms with Crippen LogP contribution in [-0.2, 0) is 6.54 Å². The molecule has 0 saturated heterocycles. The third-order valence-corrected chi connectivity index (χ3v) is 4.50. The highest BCUT2D eigenvalue weighted by atomic mass is 15.0. The summed E-state index contributed by atoms with van der Waals surface area (Å²) < 4.78 is 0. The first kappa shape index (κ1) is 11.6. The zero-order valence-corrected chi connectivity index (χ0v) is 11.0. The van der Waals surface area contributed by atoms with E-state index >= 15 is 0 Å². The van der Waals surface area contributed by atoms with E-state index in [-0.39, 0.29) is 0 Å². The van der Waals surface area contributed by atoms with Crippen LogP contribution in [0.5, 0.6) is 0 Å². The van der Waals surface area contributed by atoms with E-state index in [0.29, 0.717) is 16.9 Å². The van der Waals surface area contributed by atoms with Crippen molar-refractivity contribution in [3.05, 3.63) is 29.6 Å². The standard InChI is InChI=1S/C14H22N2/c1-10-6-7-11(8-15-10)9-16-12-13(2,3)14(12,4)5/h6-8,12,16H,9H2,1-5H3. The number of nitrogens with zero attached hydrogens (tertiary/aromatic N) is 1. The average Bonchev–Trinajstić information content (AvgIpc) is 2.58. The monoisotopic (exact) mass is 218 g/mol. The van der Waals surface area contributed by atoms with E-state index in [9.17, 15) is 0 Å². The van der Waals surface area contributed by atoms with E-state index in [2.05, 4.69) is 50.1 Å². The molecule has 0 bridgehead atoms. The predicted molar refractivity (Wildman–Crippen MR) is 67.2 cm³/mol. The van der Waals surface area contributed by atoms with Crippen LogP contribution in [0, 0.1) is 17.8 Å². The van der Waals surface area contributed by atoms with Crippen molar-refractivity contribution < 1.29 is 0 Å². The van der Waals surface area contributed by atoms with Gasteiger partial charge in [0.15, 0.2) is 0 Å². The summed E-state index contributed by atoms with van der Waals surface area (Å²) in [4.78, 5) is 4.31. The maximum atomic E-state index is 4.31. The van der Waals surface area contributed by atoms with Gasteiger partial charge >= 0.3 is 0 Å². The van der Waals surface area contributed by atoms with E-state index in [4.69, 9.17) is 0 Å². The molecule has 1 fully saturated rings. The fourth-order valence-electron chi connectivity index (χ4n) is 2.53. The van der Waals surface area contributed by atoms with Gasteiger partial charge in [-0.05, 0) is 29.4 Å². The van der Waals surface area contributed by atoms with E-state index in [1.807, 2.05) is 13.1 Å². The SMILES string of the molecule is Cc1ccc(CNC2C(C)(C)C2(C)C)cn1. The Labute approximate surface area is 98.5 Å². The van der Waals surface area contributed by atoms with Gasteiger partial charge in [0, 0.05) is 24.5 Å². The first-order valence-electron chi connectivity index (χ1n) is 6.00. The molecule has 2 nitrogen and oxygen atoms in total. The Morgan fingerprint density at radius 2 is 1.81 bits per heavy atom. The van der Waals surface area contributed by atoms with Crippen molar-refractivity contribution in [2.45, 2.75) is 47.2 Å². The zero-order chi connectivity index (χ0) is 12.0. The summed E-state index contributed by atoms with van der Waals surface area (Å²) in [6.07, 6.45) is 1.96. The van der Waals surface area contributed by atoms with Crippen LogP contribution < -0.4 is 5.32 Å². The number of hydrogen-bond donors (Lipinski definition) is 1. The Hall–Kier alpha value is -0.890. The summed E-state index contributed by atoms with van der Waals surface area (Å²) in [6.45, 7) is 12.3. The molecule has 1 N–H and O–H groups in total. The van der Waals surface area contributed by atoms with Crippen molar-refractivity contribution in [2.24, 2.45) is 10.8 Å². The Morgan fingerprint density at radius 3 is 2.25 bits per heavy atom. The summed E-state index contributed by atoms with van der Waals surface area (Å²) in [6, 6.07) is 4.83. The molecule has 0 aromatic carbocycles. The summed E-state index contributed by atoms with van der Waals surface area (Å²) in [5.74, 6) is 0. The summed E-state index contributed by atoms with van der Waals surface area (Å²) >= 11 is 0. The minimum atomic E-state index is 0.408. The van der Waals surface area contributed by atoms with Crippen molar-refractivity contribution in [2.75, 3.05) is 0 Å². The second-order valence-corrected chi connectivity index (χ2v) is 6.07. The average molecular weight is 218 g/mol. The van der Waals surface area contributed by atoms with Crippen LogP contribution in [-0.4, -0.2) is 11.0 Å². The molecule has 0 unspecified atom stereocenters. The fourth-order valence-corrected chi connectivity index (χ4v) is 2.53. The lowest BCUT2D eigenvalue weighted by Gasteiger charge is -2.06. The van der Waals surface area contributed by atoms with E-state index in [1.165, 1.54) is 5.56 Å². The first-order chi connectivity index (χ1) is 7.35. The Bertz CT molecular complexity index is 362. The highest BCUT2D eigenvalue weighted by Gasteiger charge is 2.64. The van der Waals surface area contributed by atoms with Crippen LogP contribution in [0.15, 0.2) is 18.3 Å². The van der Waals surface area contributed by atoms with Crippen LogP contribution in [0.2, 0.25) is 0 Å². The molecule has 1 heterocycles. The number of aryl methyl sites for hydroxylation is 1. The van der Waals surface area contributed by atoms with Crippen molar-refractivity contribution in [1.29, 1.82) is 0 Å². The van der Waals surface area contributed by atoms with Crippen LogP contribution in [0.25, 0.3) is 0 Å². The largest absolute Gasteiger partial charge is 0.309 e. The molecule has 16 heavy (non-hydrogen) atoms. The van der Waals surface area contributed by atoms with Crippen LogP contribution in [0.4, 0.5) is 0 Å². The van der Waals surface area contributed by atoms with Crippen LogP contribution in [0.3, 0.4) is 0 Å². The molecule has 0 amide bonds. The molecule has 0 radical (unpaired) electrons. The number of nitrogens with one attached hydrogen (secondary N) is 1. The van der Waals surface area contributed by atoms with Gasteiger partial charge in [-0.25, -0.2) is 0 Å². The predicted octanol–water partition coefficient (Wildman–Crippen LogP) is 2.91. The van der Waals surface area contributed by atoms with Gasteiger partial charge < -0.3 is 5.32 Å². The van der Waals surface area contributed by atoms with Gasteiger partial charge in [-0.2, -0.15) is 0 Å². The van der Waals surface area contributed by atoms with Gasteiger partial charge in [0.2, 0.25) is 0 Å². The normalized spacial score (nSPS) is 22.1. The highest BCUT2D eigenvalue weighted by Crippen LogP contribution is 2.62. The van der Waals surface area contributed by atoms with Gasteiger partial charge in [-0.1, -0.05) is 33.8 Å². The molecule has 2 rings (SSSR count). The minimum absolute atomic E-state index is 0.408. The molecule has 2 heteroatoms. The molecular formula is C14H22N2. The van der Waals surface area contributed by atoms with Gasteiger partial charge in [-0.3, -0.25) is 4.98 Å². The zero-order valence-electron chi connectivity index (χ0n) is 11.0. The molecule has 1 aromatic heterocycles. The molecule has 1 aliphatic rings. The molecule has 1 saturated carbocycles. The molecule has 0 spiro atoms. The lowest BCUT2D eigenvalue weighted by Crippen LogP contribution is -2.21. The maximum absolute atomic E-state index is 4.31. The molecule has 0 atom stereocenters. The quantitative estimate of drug-likeness (QED) is 0.843. The Kier molecular flexibility index (Phi) is 2.58. The second kappa shape index (κ2) is 3.56. The van der Waals surface area contributed by atoms with E-state index < -0.39 is 0 Å². The topological polar surface area (TPSA) is 24.9 Å². The van der Waals surface area contributed by atoms with Crippen molar-refractivity contribution in [3.8, 4) is 0 Å². The number of hydrogen-bond acceptors (Lipinski definition) is 2. The number of rotatable bonds is 3. The van der Waals surface area contributed by atoms with Gasteiger partial charge in [0.25, 0.3) is 0 Å². The van der Waals surface area contributed by atoms with Crippen molar-refractivity contribution in [3.63, 3.8) is 0 Å². The molecule has 88 valence electrons. The molecule has 0 aliphatic heterocycles. The van der Waals surface area contributed by atoms with Gasteiger partial charge in [0.05, 0.1) is 0 Å². The third-order valence-electron chi connectivity index (χ3n) is 4.50. The second-order valence-electron chi connectivity index (χ2n) is 6.07. The number of pyridine rings is 1. The fraction of sp³-hybridized carbons (Fsp3) is 0.643. The van der Waals surface area contributed by atoms with E-state index in [0.717, 1.165) is 12.2 Å². The Balaban J connectivity index is 1.93. The lowest BCUT2D eigenvalue weighted by molar-refractivity contribution is 0.457. The summed E-state index contributed by atoms with van der Waals surface area (Å²) in [7, 11) is 0. The minimum Gasteiger partial charge on any atom is -0.309 e. The molecule has 1 aromatic rings. The summed E-state index contributed by atoms with van der Waals surface area (Å²) in [5.41, 5.74) is 3.16. The smallest absolute Gasteiger partial charge is 0.0372 e. The van der Waals surface area contributed by atoms with Gasteiger partial charge in [0.1, 0.15) is 0 Å².